The summed E-state index contributed by atoms with van der Waals surface area (Å²) in [7, 11) is 3.01. The topological polar surface area (TPSA) is 118 Å². The third kappa shape index (κ3) is 3.17. The molecule has 4 aliphatic heterocycles. The van der Waals surface area contributed by atoms with Crippen LogP contribution in [-0.2, 0) is 45.2 Å². The summed E-state index contributed by atoms with van der Waals surface area (Å²) in [5.74, 6) is -0.872. The maximum atomic E-state index is 14.7. The predicted molar refractivity (Wildman–Crippen MR) is 147 cm³/mol. The summed E-state index contributed by atoms with van der Waals surface area (Å²) in [4.78, 5) is 63.5. The first-order chi connectivity index (χ1) is 20.1. The smallest absolute Gasteiger partial charge is 0.358 e. The Balaban J connectivity index is 1.71. The molecule has 2 aromatic carbocycles. The van der Waals surface area contributed by atoms with Crippen LogP contribution in [0.4, 0.5) is 9.59 Å². The zero-order chi connectivity index (χ0) is 30.1. The molecule has 4 heterocycles. The van der Waals surface area contributed by atoms with Crippen LogP contribution >= 0.6 is 0 Å². The minimum Gasteiger partial charge on any atom is -0.496 e. The average Bonchev–Trinajstić information content (AvgIpc) is 3.13. The summed E-state index contributed by atoms with van der Waals surface area (Å²) in [6, 6.07) is 6.13. The van der Waals surface area contributed by atoms with Gasteiger partial charge in [0.15, 0.2) is 0 Å². The van der Waals surface area contributed by atoms with E-state index in [-0.39, 0.29) is 39.4 Å². The van der Waals surface area contributed by atoms with E-state index in [2.05, 4.69) is 0 Å². The Morgan fingerprint density at radius 2 is 1.05 bits per heavy atom. The minimum absolute atomic E-state index is 0.0223. The zero-order valence-electron chi connectivity index (χ0n) is 24.6. The molecule has 0 bridgehead atoms. The molecule has 2 fully saturated rings. The first kappa shape index (κ1) is 27.7. The maximum absolute atomic E-state index is 14.7. The van der Waals surface area contributed by atoms with Gasteiger partial charge in [-0.2, -0.15) is 0 Å². The molecule has 2 aromatic rings. The van der Waals surface area contributed by atoms with E-state index >= 15 is 0 Å². The van der Waals surface area contributed by atoms with Crippen LogP contribution in [-0.4, -0.2) is 82.4 Å². The lowest BCUT2D eigenvalue weighted by Crippen LogP contribution is -2.75. The van der Waals surface area contributed by atoms with Crippen molar-refractivity contribution in [3.8, 4) is 11.5 Å². The van der Waals surface area contributed by atoms with Gasteiger partial charge in [-0.15, -0.1) is 0 Å². The predicted octanol–water partition coefficient (Wildman–Crippen LogP) is 3.04. The van der Waals surface area contributed by atoms with Gasteiger partial charge in [-0.25, -0.2) is 19.2 Å². The summed E-state index contributed by atoms with van der Waals surface area (Å²) in [5, 5.41) is 0. The van der Waals surface area contributed by atoms with E-state index in [1.807, 2.05) is 26.0 Å². The fourth-order valence-electron chi connectivity index (χ4n) is 7.07. The van der Waals surface area contributed by atoms with Crippen LogP contribution in [0.25, 0.3) is 0 Å². The quantitative estimate of drug-likeness (QED) is 0.480. The van der Waals surface area contributed by atoms with Gasteiger partial charge < -0.3 is 18.9 Å². The summed E-state index contributed by atoms with van der Waals surface area (Å²) in [5.41, 5.74) is 0.303. The molecular weight excluding hydrogens is 544 g/mol. The van der Waals surface area contributed by atoms with Gasteiger partial charge in [0.25, 0.3) is 11.3 Å². The van der Waals surface area contributed by atoms with Crippen molar-refractivity contribution in [2.45, 2.75) is 65.2 Å². The molecule has 42 heavy (non-hydrogen) atoms. The van der Waals surface area contributed by atoms with E-state index in [0.717, 1.165) is 22.3 Å². The summed E-state index contributed by atoms with van der Waals surface area (Å²) in [6.45, 7) is 6.79. The fraction of sp³-hybridized carbons (Fsp3) is 0.467. The number of esters is 2. The number of methoxy groups -OCH3 is 2. The first-order valence-corrected chi connectivity index (χ1v) is 14.0. The molecule has 2 saturated heterocycles. The lowest BCUT2D eigenvalue weighted by molar-refractivity contribution is -0.191. The number of aryl methyl sites for hydroxylation is 2. The highest BCUT2D eigenvalue weighted by atomic mass is 16.6. The van der Waals surface area contributed by atoms with Gasteiger partial charge in [0.1, 0.15) is 11.5 Å². The van der Waals surface area contributed by atoms with Gasteiger partial charge in [0.05, 0.1) is 53.6 Å². The number of rotatable bonds is 6. The maximum Gasteiger partial charge on any atom is 0.358 e. The largest absolute Gasteiger partial charge is 0.496 e. The monoisotopic (exact) mass is 578 g/mol. The Hall–Kier alpha value is -4.48. The number of fused-ring (bicyclic) bond motifs is 2. The molecule has 6 rings (SSSR count). The van der Waals surface area contributed by atoms with E-state index in [1.54, 1.807) is 26.0 Å². The molecule has 4 aliphatic rings. The highest BCUT2D eigenvalue weighted by molar-refractivity contribution is 6.10. The normalized spacial score (nSPS) is 23.6. The Labute approximate surface area is 243 Å². The van der Waals surface area contributed by atoms with Gasteiger partial charge in [-0.1, -0.05) is 12.1 Å². The van der Waals surface area contributed by atoms with Crippen molar-refractivity contribution in [2.24, 2.45) is 0 Å². The van der Waals surface area contributed by atoms with Gasteiger partial charge in [-0.05, 0) is 62.1 Å². The van der Waals surface area contributed by atoms with Gasteiger partial charge in [0, 0.05) is 11.1 Å². The molecule has 0 spiro atoms. The first-order valence-electron chi connectivity index (χ1n) is 14.0. The number of benzene rings is 2. The van der Waals surface area contributed by atoms with E-state index in [1.165, 1.54) is 33.8 Å². The second-order valence-corrected chi connectivity index (χ2v) is 10.8. The van der Waals surface area contributed by atoms with E-state index in [0.29, 0.717) is 22.6 Å². The van der Waals surface area contributed by atoms with Crippen LogP contribution in [0.3, 0.4) is 0 Å². The Bertz CT molecular complexity index is 1450. The van der Waals surface area contributed by atoms with Crippen molar-refractivity contribution in [2.75, 3.05) is 27.4 Å². The molecule has 0 saturated carbocycles. The van der Waals surface area contributed by atoms with Crippen LogP contribution in [0.2, 0.25) is 0 Å². The molecular formula is C30H34N4O8. The zero-order valence-corrected chi connectivity index (χ0v) is 24.6. The Morgan fingerprint density at radius 3 is 1.38 bits per heavy atom. The highest BCUT2D eigenvalue weighted by Gasteiger charge is 2.87. The lowest BCUT2D eigenvalue weighted by atomic mass is 9.90. The van der Waals surface area contributed by atoms with Crippen molar-refractivity contribution in [3.05, 3.63) is 57.6 Å². The van der Waals surface area contributed by atoms with Crippen LogP contribution in [0.1, 0.15) is 47.2 Å². The third-order valence-corrected chi connectivity index (χ3v) is 8.98. The molecule has 0 unspecified atom stereocenters. The number of carbonyl (C=O) groups excluding carboxylic acids is 4. The van der Waals surface area contributed by atoms with E-state index in [4.69, 9.17) is 18.9 Å². The second kappa shape index (κ2) is 9.53. The molecule has 4 amide bonds. The SMILES string of the molecule is CCOC(=O)C12N3Cc4cc(C)c(C)cc4CN1C(=O)N1Cc4c(OC)ccc(OC)c4CN(C3=O)C12C(=O)OCC. The number of carbonyl (C=O) groups is 4. The van der Waals surface area contributed by atoms with Crippen LogP contribution in [0, 0.1) is 13.8 Å². The number of nitrogens with zero attached hydrogens (tertiary/aromatic N) is 4. The number of hydrogen-bond acceptors (Lipinski definition) is 8. The molecule has 0 atom stereocenters. The van der Waals surface area contributed by atoms with Crippen molar-refractivity contribution in [3.63, 3.8) is 0 Å². The van der Waals surface area contributed by atoms with Crippen LogP contribution in [0.5, 0.6) is 11.5 Å². The molecule has 12 nitrogen and oxygen atoms in total. The molecule has 0 radical (unpaired) electrons. The third-order valence-electron chi connectivity index (χ3n) is 8.98. The standard InChI is InChI=1S/C30H34N4O8/c1-7-41-25(35)29-30(26(36)42-8-2)33-15-21-22(24(40-6)10-9-23(21)39-5)16-34(30)28(38)32(29)14-20-12-18(4)17(3)11-19(20)13-31(29)27(33)37/h9-12H,7-8,13-16H2,1-6H3. The second-order valence-electron chi connectivity index (χ2n) is 10.8. The minimum atomic E-state index is -2.20. The van der Waals surface area contributed by atoms with Crippen molar-refractivity contribution >= 4 is 24.0 Å². The molecule has 12 heteroatoms. The van der Waals surface area contributed by atoms with Crippen LogP contribution in [0.15, 0.2) is 24.3 Å². The Kier molecular flexibility index (Phi) is 6.28. The summed E-state index contributed by atoms with van der Waals surface area (Å²) < 4.78 is 22.6. The van der Waals surface area contributed by atoms with Crippen molar-refractivity contribution in [1.29, 1.82) is 0 Å². The number of hydrogen-bond donors (Lipinski definition) is 0. The molecule has 222 valence electrons. The fourth-order valence-corrected chi connectivity index (χ4v) is 7.07. The van der Waals surface area contributed by atoms with Crippen LogP contribution < -0.4 is 9.47 Å². The average molecular weight is 579 g/mol. The highest BCUT2D eigenvalue weighted by Crippen LogP contribution is 2.58. The van der Waals surface area contributed by atoms with Crippen molar-refractivity contribution in [1.82, 2.24) is 19.6 Å². The van der Waals surface area contributed by atoms with Gasteiger partial charge in [0.2, 0.25) is 0 Å². The van der Waals surface area contributed by atoms with E-state index < -0.39 is 35.3 Å². The Morgan fingerprint density at radius 1 is 0.690 bits per heavy atom. The number of ether oxygens (including phenoxy) is 4. The number of urea groups is 2. The van der Waals surface area contributed by atoms with Crippen molar-refractivity contribution < 1.29 is 38.1 Å². The molecule has 0 aliphatic carbocycles. The summed E-state index contributed by atoms with van der Waals surface area (Å²) >= 11 is 0. The van der Waals surface area contributed by atoms with E-state index in [9.17, 15) is 19.2 Å². The van der Waals surface area contributed by atoms with Gasteiger partial charge in [-0.3, -0.25) is 19.6 Å². The summed E-state index contributed by atoms with van der Waals surface area (Å²) in [6.07, 6.45) is 0. The van der Waals surface area contributed by atoms with Gasteiger partial charge >= 0.3 is 24.0 Å². The molecule has 0 N–H and O–H groups in total. The molecule has 0 aromatic heterocycles. The number of amides is 4. The lowest BCUT2D eigenvalue weighted by Gasteiger charge is -2.43.